The molecule has 1 aliphatic rings. The van der Waals surface area contributed by atoms with Crippen molar-refractivity contribution in [3.05, 3.63) is 24.3 Å². The fraction of sp³-hybridized carbons (Fsp3) is 0.864. The zero-order chi connectivity index (χ0) is 46.9. The lowest BCUT2D eigenvalue weighted by Gasteiger charge is -2.36. The van der Waals surface area contributed by atoms with Gasteiger partial charge in [0.15, 0.2) is 12.4 Å². The molecule has 0 spiro atoms. The minimum Gasteiger partial charge on any atom is -0.462 e. The number of allylic oxidation sites excluding steroid dienone is 2. The normalized spacial score (nSPS) is 20.9. The van der Waals surface area contributed by atoms with Gasteiger partial charge in [-0.2, -0.15) is 0 Å². The van der Waals surface area contributed by atoms with E-state index in [1.54, 1.807) is 12.2 Å². The molecule has 2 unspecified atom stereocenters. The zero-order valence-electron chi connectivity index (χ0n) is 38.1. The molecule has 63 heavy (non-hydrogen) atoms. The Morgan fingerprint density at radius 3 is 1.90 bits per heavy atom. The molecule has 1 saturated heterocycles. The first-order valence-corrected chi connectivity index (χ1v) is 26.3. The summed E-state index contributed by atoms with van der Waals surface area (Å²) in [5.41, 5.74) is 0. The third-order valence-electron chi connectivity index (χ3n) is 10.6. The molecule has 1 fully saturated rings. The van der Waals surface area contributed by atoms with E-state index in [4.69, 9.17) is 28.5 Å². The predicted molar refractivity (Wildman–Crippen MR) is 238 cm³/mol. The Kier molecular flexibility index (Phi) is 33.6. The van der Waals surface area contributed by atoms with Gasteiger partial charge in [-0.3, -0.25) is 23.2 Å². The lowest BCUT2D eigenvalue weighted by atomic mass is 9.87. The summed E-state index contributed by atoms with van der Waals surface area (Å²) in [5.74, 6) is -0.809. The van der Waals surface area contributed by atoms with Gasteiger partial charge in [0.05, 0.1) is 38.1 Å². The summed E-state index contributed by atoms with van der Waals surface area (Å²) in [6.45, 7) is 3.66. The van der Waals surface area contributed by atoms with Crippen molar-refractivity contribution in [3.8, 4) is 0 Å². The van der Waals surface area contributed by atoms with E-state index in [0.717, 1.165) is 50.9 Å². The van der Waals surface area contributed by atoms with Crippen LogP contribution in [0.5, 0.6) is 0 Å². The molecule has 1 aliphatic heterocycles. The number of rotatable bonds is 39. The van der Waals surface area contributed by atoms with Gasteiger partial charge in [0.25, 0.3) is 0 Å². The second kappa shape index (κ2) is 35.6. The van der Waals surface area contributed by atoms with E-state index in [1.807, 2.05) is 12.2 Å². The smallest absolute Gasteiger partial charge is 0.462 e. The second-order valence-electron chi connectivity index (χ2n) is 17.0. The molecule has 0 aromatic heterocycles. The Balaban J connectivity index is 2.59. The molecule has 0 radical (unpaired) electrons. The van der Waals surface area contributed by atoms with Crippen molar-refractivity contribution in [1.82, 2.24) is 0 Å². The number of ether oxygens (including phenoxy) is 3. The highest BCUT2D eigenvalue weighted by Gasteiger charge is 2.35. The van der Waals surface area contributed by atoms with Crippen molar-refractivity contribution in [2.75, 3.05) is 26.4 Å². The summed E-state index contributed by atoms with van der Waals surface area (Å²) in [6, 6.07) is 0. The molecule has 8 atom stereocenters. The summed E-state index contributed by atoms with van der Waals surface area (Å²) < 4.78 is 53.5. The van der Waals surface area contributed by atoms with E-state index >= 15 is 0 Å². The van der Waals surface area contributed by atoms with Crippen LogP contribution in [0.25, 0.3) is 0 Å². The first kappa shape index (κ1) is 59.5. The molecule has 1 rings (SSSR count). The van der Waals surface area contributed by atoms with Crippen LogP contribution in [0.2, 0.25) is 0 Å². The van der Waals surface area contributed by atoms with Crippen LogP contribution in [-0.2, 0) is 46.5 Å². The topological polar surface area (TPSA) is 265 Å². The molecule has 370 valence electrons. The van der Waals surface area contributed by atoms with Crippen LogP contribution >= 0.6 is 15.6 Å². The number of aliphatic hydroxyl groups excluding tert-OH is 4. The van der Waals surface area contributed by atoms with Gasteiger partial charge in [-0.05, 0) is 38.0 Å². The van der Waals surface area contributed by atoms with Gasteiger partial charge < -0.3 is 49.3 Å². The first-order valence-electron chi connectivity index (χ1n) is 23.3. The number of carbonyl (C=O) groups is 2. The molecule has 17 nitrogen and oxygen atoms in total. The van der Waals surface area contributed by atoms with Crippen LogP contribution < -0.4 is 0 Å². The Labute approximate surface area is 376 Å². The monoisotopic (exact) mass is 945 g/mol. The van der Waals surface area contributed by atoms with E-state index < -0.39 is 90.8 Å². The fourth-order valence-corrected chi connectivity index (χ4v) is 8.08. The van der Waals surface area contributed by atoms with Gasteiger partial charge in [-0.25, -0.2) is 9.13 Å². The summed E-state index contributed by atoms with van der Waals surface area (Å²) >= 11 is 0. The standard InChI is InChI=1S/C44H82O17P2/c1-4-5-18-24-36(45)28-29-41-39(40(47)30-44(50)61-41)25-20-16-17-22-27-43(49)60-38(34-59-63(54,55)58-32-37(46)31-57-62(51,52)53)33-56-42(48)26-21-15-13-11-9-7-6-8-10-12-14-19-23-35(2)3/h16,20,28-29,35-41,44-47,50H,4-15,17-19,21-27,30-34H2,1-3H3,(H,54,55)(H2,51,52,53)/b20-16-,29-28+/t36-,37-,38+,39-,40-,41+,44?/m0/s1. The van der Waals surface area contributed by atoms with E-state index in [1.165, 1.54) is 51.4 Å². The van der Waals surface area contributed by atoms with E-state index in [-0.39, 0.29) is 25.2 Å². The van der Waals surface area contributed by atoms with Gasteiger partial charge in [0.1, 0.15) is 12.7 Å². The molecule has 0 aliphatic carbocycles. The summed E-state index contributed by atoms with van der Waals surface area (Å²) in [5, 5.41) is 40.8. The third-order valence-corrected chi connectivity index (χ3v) is 12.0. The first-order chi connectivity index (χ1) is 29.9. The maximum absolute atomic E-state index is 12.8. The van der Waals surface area contributed by atoms with E-state index in [2.05, 4.69) is 29.8 Å². The molecule has 1 heterocycles. The summed E-state index contributed by atoms with van der Waals surface area (Å²) in [7, 11) is -9.79. The fourth-order valence-electron chi connectivity index (χ4n) is 6.93. The van der Waals surface area contributed by atoms with E-state index in [0.29, 0.717) is 32.1 Å². The molecule has 19 heteroatoms. The van der Waals surface area contributed by atoms with Gasteiger partial charge in [0.2, 0.25) is 0 Å². The van der Waals surface area contributed by atoms with Crippen molar-refractivity contribution in [2.45, 2.75) is 205 Å². The van der Waals surface area contributed by atoms with Gasteiger partial charge in [0, 0.05) is 25.2 Å². The summed E-state index contributed by atoms with van der Waals surface area (Å²) in [6.07, 6.45) is 20.8. The zero-order valence-corrected chi connectivity index (χ0v) is 39.9. The Bertz CT molecular complexity index is 1340. The number of hydrogen-bond donors (Lipinski definition) is 7. The number of phosphoric acid groups is 2. The van der Waals surface area contributed by atoms with Crippen molar-refractivity contribution < 1.29 is 81.6 Å². The van der Waals surface area contributed by atoms with Gasteiger partial charge >= 0.3 is 27.6 Å². The molecule has 7 N–H and O–H groups in total. The van der Waals surface area contributed by atoms with Crippen LogP contribution in [0.4, 0.5) is 0 Å². The van der Waals surface area contributed by atoms with Crippen LogP contribution in [0.15, 0.2) is 24.3 Å². The number of aliphatic hydroxyl groups is 4. The van der Waals surface area contributed by atoms with Crippen LogP contribution in [0.3, 0.4) is 0 Å². The van der Waals surface area contributed by atoms with Gasteiger partial charge in [-0.15, -0.1) is 0 Å². The predicted octanol–water partition coefficient (Wildman–Crippen LogP) is 7.86. The molecule has 0 aromatic rings. The highest BCUT2D eigenvalue weighted by molar-refractivity contribution is 7.47. The quantitative estimate of drug-likeness (QED) is 0.0134. The largest absolute Gasteiger partial charge is 0.472 e. The van der Waals surface area contributed by atoms with Crippen LogP contribution in [0, 0.1) is 11.8 Å². The van der Waals surface area contributed by atoms with Gasteiger partial charge in [-0.1, -0.05) is 141 Å². The highest BCUT2D eigenvalue weighted by Crippen LogP contribution is 2.44. The number of hydrogen-bond acceptors (Lipinski definition) is 14. The van der Waals surface area contributed by atoms with Crippen molar-refractivity contribution in [1.29, 1.82) is 0 Å². The molecular weight excluding hydrogens is 862 g/mol. The number of unbranched alkanes of at least 4 members (excludes halogenated alkanes) is 14. The summed E-state index contributed by atoms with van der Waals surface area (Å²) in [4.78, 5) is 53.0. The van der Waals surface area contributed by atoms with Crippen LogP contribution in [-0.4, -0.2) is 110 Å². The second-order valence-corrected chi connectivity index (χ2v) is 19.7. The third kappa shape index (κ3) is 34.4. The highest BCUT2D eigenvalue weighted by atomic mass is 31.2. The lowest BCUT2D eigenvalue weighted by Crippen LogP contribution is -2.43. The molecule has 0 saturated carbocycles. The average molecular weight is 945 g/mol. The van der Waals surface area contributed by atoms with E-state index in [9.17, 15) is 44.0 Å². The number of carbonyl (C=O) groups excluding carboxylic acids is 2. The molecule has 0 aromatic carbocycles. The molecule has 0 bridgehead atoms. The minimum atomic E-state index is -4.90. The Morgan fingerprint density at radius 1 is 0.714 bits per heavy atom. The minimum absolute atomic E-state index is 0.0568. The Hall–Kier alpha value is -1.56. The maximum Gasteiger partial charge on any atom is 0.472 e. The lowest BCUT2D eigenvalue weighted by molar-refractivity contribution is -0.199. The SMILES string of the molecule is CCCCC[C@H](O)/C=C/[C@H]1OC(O)C[C@H](O)[C@@H]1C/C=C\CCCC(=O)O[C@H](COC(=O)CCCCCCCCCCCCCCC(C)C)COP(=O)(O)OC[C@@H](O)COP(=O)(O)O. The Morgan fingerprint density at radius 2 is 1.29 bits per heavy atom. The number of esters is 2. The molecule has 0 amide bonds. The van der Waals surface area contributed by atoms with Crippen molar-refractivity contribution in [3.63, 3.8) is 0 Å². The average Bonchev–Trinajstić information content (AvgIpc) is 3.21. The maximum atomic E-state index is 12.8. The molecular formula is C44H82O17P2. The van der Waals surface area contributed by atoms with Crippen molar-refractivity contribution >= 4 is 27.6 Å². The van der Waals surface area contributed by atoms with Crippen LogP contribution in [0.1, 0.15) is 168 Å². The number of phosphoric ester groups is 2. The van der Waals surface area contributed by atoms with Crippen molar-refractivity contribution in [2.24, 2.45) is 11.8 Å².